The number of ether oxygens (including phenoxy) is 2. The second-order valence-corrected chi connectivity index (χ2v) is 9.55. The van der Waals surface area contributed by atoms with Crippen molar-refractivity contribution >= 4 is 20.9 Å². The van der Waals surface area contributed by atoms with Gasteiger partial charge in [-0.15, -0.1) is 0 Å². The van der Waals surface area contributed by atoms with Gasteiger partial charge in [-0.25, -0.2) is 8.42 Å². The summed E-state index contributed by atoms with van der Waals surface area (Å²) in [7, 11) is -2.42. The molecule has 176 valence electrons. The maximum atomic E-state index is 13.6. The van der Waals surface area contributed by atoms with Crippen molar-refractivity contribution in [1.29, 1.82) is 0 Å². The number of hydrogen-bond acceptors (Lipinski definition) is 6. The number of rotatable bonds is 9. The van der Waals surface area contributed by atoms with E-state index in [0.717, 1.165) is 5.39 Å². The maximum Gasteiger partial charge on any atom is 0.252 e. The molecule has 0 amide bonds. The highest BCUT2D eigenvalue weighted by Crippen LogP contribution is 2.24. The molecule has 0 aliphatic carbocycles. The van der Waals surface area contributed by atoms with Crippen molar-refractivity contribution in [2.24, 2.45) is 0 Å². The zero-order chi connectivity index (χ0) is 24.1. The Labute approximate surface area is 197 Å². The van der Waals surface area contributed by atoms with E-state index in [1.165, 1.54) is 23.5 Å². The van der Waals surface area contributed by atoms with Gasteiger partial charge in [-0.2, -0.15) is 4.31 Å². The highest BCUT2D eigenvalue weighted by molar-refractivity contribution is 7.89. The van der Waals surface area contributed by atoms with Gasteiger partial charge in [0.1, 0.15) is 11.5 Å². The first kappa shape index (κ1) is 23.5. The molecule has 0 fully saturated rings. The number of sulfonamides is 1. The first-order valence-electron chi connectivity index (χ1n) is 10.7. The summed E-state index contributed by atoms with van der Waals surface area (Å²) in [6.07, 6.45) is 3.23. The van der Waals surface area contributed by atoms with Crippen molar-refractivity contribution in [2.45, 2.75) is 24.9 Å². The average Bonchev–Trinajstić information content (AvgIpc) is 2.85. The summed E-state index contributed by atoms with van der Waals surface area (Å²) in [6.45, 7) is 2.34. The van der Waals surface area contributed by atoms with Crippen LogP contribution < -0.4 is 15.0 Å². The molecule has 8 nitrogen and oxygen atoms in total. The molecular formula is C25H25N3O5S. The minimum Gasteiger partial charge on any atom is -0.497 e. The van der Waals surface area contributed by atoms with Crippen LogP contribution in [-0.4, -0.2) is 36.4 Å². The van der Waals surface area contributed by atoms with E-state index < -0.39 is 10.0 Å². The number of H-pyrrole nitrogens is 1. The van der Waals surface area contributed by atoms with Crippen molar-refractivity contribution in [2.75, 3.05) is 13.7 Å². The molecule has 4 rings (SSSR count). The van der Waals surface area contributed by atoms with Crippen molar-refractivity contribution in [1.82, 2.24) is 14.3 Å². The number of methoxy groups -OCH3 is 1. The molecule has 0 unspecified atom stereocenters. The third-order valence-electron chi connectivity index (χ3n) is 5.33. The molecule has 4 aromatic rings. The van der Waals surface area contributed by atoms with Gasteiger partial charge in [-0.1, -0.05) is 6.07 Å². The van der Waals surface area contributed by atoms with Gasteiger partial charge in [-0.05, 0) is 67.1 Å². The summed E-state index contributed by atoms with van der Waals surface area (Å²) in [5, 5.41) is 0.753. The number of nitrogens with one attached hydrogen (secondary N) is 1. The van der Waals surface area contributed by atoms with Gasteiger partial charge < -0.3 is 14.5 Å². The van der Waals surface area contributed by atoms with E-state index in [9.17, 15) is 13.2 Å². The Bertz CT molecular complexity index is 1440. The van der Waals surface area contributed by atoms with Crippen LogP contribution in [-0.2, 0) is 23.1 Å². The lowest BCUT2D eigenvalue weighted by atomic mass is 10.1. The van der Waals surface area contributed by atoms with Crippen LogP contribution in [0.1, 0.15) is 18.1 Å². The molecule has 0 bridgehead atoms. The summed E-state index contributed by atoms with van der Waals surface area (Å²) in [5.74, 6) is 1.22. The van der Waals surface area contributed by atoms with Gasteiger partial charge in [-0.3, -0.25) is 9.78 Å². The van der Waals surface area contributed by atoms with Crippen LogP contribution >= 0.6 is 0 Å². The first-order chi connectivity index (χ1) is 16.4. The van der Waals surface area contributed by atoms with E-state index in [2.05, 4.69) is 9.97 Å². The third kappa shape index (κ3) is 5.11. The molecule has 0 aliphatic heterocycles. The molecule has 9 heteroatoms. The Morgan fingerprint density at radius 1 is 1.00 bits per heavy atom. The molecule has 0 spiro atoms. The second kappa shape index (κ2) is 10.1. The summed E-state index contributed by atoms with van der Waals surface area (Å²) in [5.41, 5.74) is 1.32. The smallest absolute Gasteiger partial charge is 0.252 e. The van der Waals surface area contributed by atoms with Crippen molar-refractivity contribution < 1.29 is 17.9 Å². The van der Waals surface area contributed by atoms with Crippen molar-refractivity contribution in [3.8, 4) is 11.5 Å². The number of benzene rings is 2. The summed E-state index contributed by atoms with van der Waals surface area (Å²) in [4.78, 5) is 19.9. The van der Waals surface area contributed by atoms with Crippen LogP contribution in [0.2, 0.25) is 0 Å². The number of fused-ring (bicyclic) bond motifs is 1. The van der Waals surface area contributed by atoms with Crippen LogP contribution in [0, 0.1) is 0 Å². The summed E-state index contributed by atoms with van der Waals surface area (Å²) >= 11 is 0. The highest BCUT2D eigenvalue weighted by Gasteiger charge is 2.26. The Balaban J connectivity index is 1.75. The fraction of sp³-hybridized carbons (Fsp3) is 0.200. The normalized spacial score (nSPS) is 11.6. The molecule has 0 atom stereocenters. The monoisotopic (exact) mass is 479 g/mol. The Morgan fingerprint density at radius 2 is 1.76 bits per heavy atom. The van der Waals surface area contributed by atoms with Crippen LogP contribution in [0.3, 0.4) is 0 Å². The molecule has 34 heavy (non-hydrogen) atoms. The van der Waals surface area contributed by atoms with Crippen molar-refractivity contribution in [3.05, 3.63) is 94.5 Å². The number of nitrogens with zero attached hydrogens (tertiary/aromatic N) is 2. The minimum absolute atomic E-state index is 0.0542. The van der Waals surface area contributed by atoms with E-state index in [1.54, 1.807) is 54.9 Å². The quantitative estimate of drug-likeness (QED) is 0.393. The van der Waals surface area contributed by atoms with Gasteiger partial charge in [0.2, 0.25) is 10.0 Å². The number of aromatic amines is 1. The molecule has 0 saturated carbocycles. The van der Waals surface area contributed by atoms with Crippen LogP contribution in [0.5, 0.6) is 11.5 Å². The average molecular weight is 480 g/mol. The standard InChI is InChI=1S/C25H25N3O5S/c1-3-33-22-8-11-24-19(14-22)13-20(25(29)27-24)17-28(16-18-5-4-12-26-15-18)34(30,31)23-9-6-21(32-2)7-10-23/h4-15H,3,16-17H2,1-2H3,(H,27,29). The fourth-order valence-electron chi connectivity index (χ4n) is 3.61. The Hall–Kier alpha value is -3.69. The predicted molar refractivity (Wildman–Crippen MR) is 129 cm³/mol. The summed E-state index contributed by atoms with van der Waals surface area (Å²) < 4.78 is 39.2. The molecule has 2 aromatic carbocycles. The zero-order valence-corrected chi connectivity index (χ0v) is 19.7. The number of pyridine rings is 2. The third-order valence-corrected chi connectivity index (χ3v) is 7.14. The fourth-order valence-corrected chi connectivity index (χ4v) is 5.02. The van der Waals surface area contributed by atoms with E-state index in [-0.39, 0.29) is 23.5 Å². The lowest BCUT2D eigenvalue weighted by molar-refractivity contribution is 0.340. The van der Waals surface area contributed by atoms with Crippen LogP contribution in [0.15, 0.2) is 82.7 Å². The van der Waals surface area contributed by atoms with E-state index >= 15 is 0 Å². The van der Waals surface area contributed by atoms with E-state index in [0.29, 0.717) is 34.7 Å². The lowest BCUT2D eigenvalue weighted by Crippen LogP contribution is -2.32. The predicted octanol–water partition coefficient (Wildman–Crippen LogP) is 3.72. The summed E-state index contributed by atoms with van der Waals surface area (Å²) in [6, 6.07) is 16.8. The van der Waals surface area contributed by atoms with Gasteiger partial charge in [0.25, 0.3) is 5.56 Å². The second-order valence-electron chi connectivity index (χ2n) is 7.62. The highest BCUT2D eigenvalue weighted by atomic mass is 32.2. The molecule has 0 radical (unpaired) electrons. The first-order valence-corrected chi connectivity index (χ1v) is 12.2. The SMILES string of the molecule is CCOc1ccc2[nH]c(=O)c(CN(Cc3cccnc3)S(=O)(=O)c3ccc(OC)cc3)cc2c1. The number of aromatic nitrogens is 2. The maximum absolute atomic E-state index is 13.6. The largest absolute Gasteiger partial charge is 0.497 e. The van der Waals surface area contributed by atoms with Crippen LogP contribution in [0.25, 0.3) is 10.9 Å². The molecule has 0 saturated heterocycles. The number of hydrogen-bond donors (Lipinski definition) is 1. The molecule has 0 aliphatic rings. The Kier molecular flexibility index (Phi) is 6.95. The zero-order valence-electron chi connectivity index (χ0n) is 18.9. The molecule has 2 aromatic heterocycles. The van der Waals surface area contributed by atoms with Gasteiger partial charge in [0.15, 0.2) is 0 Å². The molecule has 1 N–H and O–H groups in total. The lowest BCUT2D eigenvalue weighted by Gasteiger charge is -2.22. The topological polar surface area (TPSA) is 102 Å². The molecular weight excluding hydrogens is 454 g/mol. The van der Waals surface area contributed by atoms with Gasteiger partial charge in [0, 0.05) is 41.9 Å². The van der Waals surface area contributed by atoms with Gasteiger partial charge in [0.05, 0.1) is 18.6 Å². The Morgan fingerprint density at radius 3 is 2.44 bits per heavy atom. The molecule has 2 heterocycles. The van der Waals surface area contributed by atoms with E-state index in [4.69, 9.17) is 9.47 Å². The van der Waals surface area contributed by atoms with Crippen molar-refractivity contribution in [3.63, 3.8) is 0 Å². The van der Waals surface area contributed by atoms with Gasteiger partial charge >= 0.3 is 0 Å². The van der Waals surface area contributed by atoms with E-state index in [1.807, 2.05) is 13.0 Å². The minimum atomic E-state index is -3.94. The van der Waals surface area contributed by atoms with Crippen LogP contribution in [0.4, 0.5) is 0 Å².